The largest absolute Gasteiger partial charge is 0.237 e. The maximum absolute atomic E-state index is 13.3. The Morgan fingerprint density at radius 2 is 1.50 bits per heavy atom. The first-order valence-corrected chi connectivity index (χ1v) is 10.6. The number of nitrogens with zero attached hydrogens (tertiary/aromatic N) is 1. The summed E-state index contributed by atoms with van der Waals surface area (Å²) < 4.78 is 15.4. The van der Waals surface area contributed by atoms with Gasteiger partial charge in [-0.05, 0) is 48.3 Å². The van der Waals surface area contributed by atoms with Gasteiger partial charge in [0, 0.05) is 13.1 Å². The van der Waals surface area contributed by atoms with Gasteiger partial charge in [-0.15, -0.1) is 0 Å². The van der Waals surface area contributed by atoms with Crippen molar-refractivity contribution < 1.29 is 4.21 Å². The summed E-state index contributed by atoms with van der Waals surface area (Å²) in [7, 11) is -1.10. The van der Waals surface area contributed by atoms with E-state index in [2.05, 4.69) is 46.8 Å². The second kappa shape index (κ2) is 8.15. The zero-order chi connectivity index (χ0) is 17.8. The van der Waals surface area contributed by atoms with Crippen LogP contribution in [0.25, 0.3) is 11.1 Å². The fourth-order valence-corrected chi connectivity index (χ4v) is 5.36. The first-order chi connectivity index (χ1) is 12.8. The number of benzene rings is 2. The molecule has 2 nitrogen and oxygen atoms in total. The van der Waals surface area contributed by atoms with E-state index in [4.69, 9.17) is 0 Å². The average molecular weight is 364 g/mol. The van der Waals surface area contributed by atoms with Crippen LogP contribution in [0, 0.1) is 11.8 Å². The highest BCUT2D eigenvalue weighted by atomic mass is 32.2. The molecule has 1 aliphatic heterocycles. The van der Waals surface area contributed by atoms with Crippen molar-refractivity contribution in [1.29, 1.82) is 0 Å². The molecule has 2 aromatic carbocycles. The molecule has 0 aromatic heterocycles. The summed E-state index contributed by atoms with van der Waals surface area (Å²) in [5.41, 5.74) is 2.20. The minimum Gasteiger partial charge on any atom is -0.237 e. The molecule has 0 spiro atoms. The van der Waals surface area contributed by atoms with E-state index in [0.717, 1.165) is 48.4 Å². The molecule has 1 fully saturated rings. The van der Waals surface area contributed by atoms with Crippen LogP contribution < -0.4 is 0 Å². The summed E-state index contributed by atoms with van der Waals surface area (Å²) in [6.07, 6.45) is 12.5. The number of piperidine rings is 1. The highest BCUT2D eigenvalue weighted by Crippen LogP contribution is 2.32. The smallest absolute Gasteiger partial charge is 0.128 e. The Labute approximate surface area is 158 Å². The van der Waals surface area contributed by atoms with Gasteiger partial charge in [-0.3, -0.25) is 0 Å². The second-order valence-corrected chi connectivity index (χ2v) is 8.50. The molecule has 0 N–H and O–H groups in total. The van der Waals surface area contributed by atoms with Crippen LogP contribution in [0.2, 0.25) is 0 Å². The summed E-state index contributed by atoms with van der Waals surface area (Å²) in [6.45, 7) is 1.80. The van der Waals surface area contributed by atoms with Crippen LogP contribution in [0.15, 0.2) is 83.8 Å². The Morgan fingerprint density at radius 3 is 2.23 bits per heavy atom. The maximum Gasteiger partial charge on any atom is 0.128 e. The maximum atomic E-state index is 13.3. The van der Waals surface area contributed by atoms with Gasteiger partial charge < -0.3 is 0 Å². The summed E-state index contributed by atoms with van der Waals surface area (Å²) in [6, 6.07) is 18.4. The van der Waals surface area contributed by atoms with Gasteiger partial charge in [0.2, 0.25) is 0 Å². The number of allylic oxidation sites excluding steroid dienone is 4. The third kappa shape index (κ3) is 3.74. The molecular weight excluding hydrogens is 338 g/mol. The van der Waals surface area contributed by atoms with Crippen molar-refractivity contribution in [2.45, 2.75) is 24.2 Å². The van der Waals surface area contributed by atoms with E-state index in [-0.39, 0.29) is 0 Å². The molecule has 0 amide bonds. The van der Waals surface area contributed by atoms with E-state index in [9.17, 15) is 4.21 Å². The SMILES string of the molecule is O=S(c1ccccc1-c1ccccc1)N1CCC(C2C=CCC=C2)CC1. The van der Waals surface area contributed by atoms with Crippen molar-refractivity contribution in [1.82, 2.24) is 4.31 Å². The van der Waals surface area contributed by atoms with Gasteiger partial charge in [0.05, 0.1) is 4.90 Å². The van der Waals surface area contributed by atoms with Crippen LogP contribution in [0.5, 0.6) is 0 Å². The lowest BCUT2D eigenvalue weighted by Crippen LogP contribution is -2.37. The van der Waals surface area contributed by atoms with Crippen LogP contribution in [0.4, 0.5) is 0 Å². The van der Waals surface area contributed by atoms with Crippen LogP contribution in [-0.4, -0.2) is 21.6 Å². The van der Waals surface area contributed by atoms with Gasteiger partial charge in [-0.2, -0.15) is 0 Å². The predicted molar refractivity (Wildman–Crippen MR) is 109 cm³/mol. The Bertz CT molecular complexity index is 807. The molecule has 0 bridgehead atoms. The molecule has 26 heavy (non-hydrogen) atoms. The molecule has 1 unspecified atom stereocenters. The summed E-state index contributed by atoms with van der Waals surface area (Å²) in [5.74, 6) is 1.25. The van der Waals surface area contributed by atoms with Crippen molar-refractivity contribution in [2.24, 2.45) is 11.8 Å². The van der Waals surface area contributed by atoms with Gasteiger partial charge in [-0.1, -0.05) is 72.8 Å². The van der Waals surface area contributed by atoms with Crippen molar-refractivity contribution >= 4 is 11.0 Å². The molecule has 2 aliphatic rings. The Morgan fingerprint density at radius 1 is 0.846 bits per heavy atom. The van der Waals surface area contributed by atoms with Crippen molar-refractivity contribution in [3.63, 3.8) is 0 Å². The normalized spacial score (nSPS) is 20.3. The molecule has 4 rings (SSSR count). The monoisotopic (exact) mass is 363 g/mol. The van der Waals surface area contributed by atoms with Crippen LogP contribution in [-0.2, 0) is 11.0 Å². The third-order valence-corrected chi connectivity index (χ3v) is 6.99. The number of hydrogen-bond acceptors (Lipinski definition) is 1. The van der Waals surface area contributed by atoms with Crippen LogP contribution in [0.3, 0.4) is 0 Å². The summed E-state index contributed by atoms with van der Waals surface area (Å²) >= 11 is 0. The molecule has 134 valence electrons. The molecule has 1 heterocycles. The number of rotatable bonds is 4. The molecular formula is C23H25NOS. The van der Waals surface area contributed by atoms with E-state index in [0.29, 0.717) is 11.8 Å². The summed E-state index contributed by atoms with van der Waals surface area (Å²) in [5, 5.41) is 0. The van der Waals surface area contributed by atoms with E-state index in [1.54, 1.807) is 0 Å². The zero-order valence-electron chi connectivity index (χ0n) is 15.0. The Kier molecular flexibility index (Phi) is 5.47. The van der Waals surface area contributed by atoms with E-state index < -0.39 is 11.0 Å². The fraction of sp³-hybridized carbons (Fsp3) is 0.304. The molecule has 0 saturated carbocycles. The highest BCUT2D eigenvalue weighted by Gasteiger charge is 2.28. The highest BCUT2D eigenvalue weighted by molar-refractivity contribution is 7.82. The molecule has 1 aliphatic carbocycles. The summed E-state index contributed by atoms with van der Waals surface area (Å²) in [4.78, 5) is 0.926. The zero-order valence-corrected chi connectivity index (χ0v) is 15.8. The molecule has 1 atom stereocenters. The fourth-order valence-electron chi connectivity index (χ4n) is 3.97. The lowest BCUT2D eigenvalue weighted by atomic mass is 9.83. The number of hydrogen-bond donors (Lipinski definition) is 0. The van der Waals surface area contributed by atoms with Crippen LogP contribution in [0.1, 0.15) is 19.3 Å². The first kappa shape index (κ1) is 17.4. The second-order valence-electron chi connectivity index (χ2n) is 7.05. The quantitative estimate of drug-likeness (QED) is 0.682. The van der Waals surface area contributed by atoms with Crippen molar-refractivity contribution in [3.05, 3.63) is 78.9 Å². The van der Waals surface area contributed by atoms with Crippen molar-refractivity contribution in [3.8, 4) is 11.1 Å². The van der Waals surface area contributed by atoms with Gasteiger partial charge in [0.15, 0.2) is 0 Å². The van der Waals surface area contributed by atoms with Gasteiger partial charge in [0.25, 0.3) is 0 Å². The Balaban J connectivity index is 1.49. The van der Waals surface area contributed by atoms with Gasteiger partial charge >= 0.3 is 0 Å². The molecule has 3 heteroatoms. The standard InChI is InChI=1S/C23H25NOS/c25-26(23-14-8-7-13-22(23)21-11-5-2-6-12-21)24-17-15-20(16-18-24)19-9-3-1-4-10-19/h2-14,19-20H,1,15-18H2. The molecule has 2 aromatic rings. The predicted octanol–water partition coefficient (Wildman–Crippen LogP) is 5.22. The third-order valence-electron chi connectivity index (χ3n) is 5.43. The van der Waals surface area contributed by atoms with Gasteiger partial charge in [0.1, 0.15) is 11.0 Å². The Hall–Kier alpha value is -1.97. The topological polar surface area (TPSA) is 20.3 Å². The van der Waals surface area contributed by atoms with Crippen LogP contribution >= 0.6 is 0 Å². The lowest BCUT2D eigenvalue weighted by molar-refractivity contribution is 0.257. The molecule has 1 saturated heterocycles. The molecule has 0 radical (unpaired) electrons. The van der Waals surface area contributed by atoms with E-state index in [1.165, 1.54) is 0 Å². The average Bonchev–Trinajstić information content (AvgIpc) is 2.75. The van der Waals surface area contributed by atoms with Gasteiger partial charge in [-0.25, -0.2) is 8.51 Å². The first-order valence-electron chi connectivity index (χ1n) is 9.47. The lowest BCUT2D eigenvalue weighted by Gasteiger charge is -2.34. The van der Waals surface area contributed by atoms with E-state index in [1.807, 2.05) is 36.4 Å². The van der Waals surface area contributed by atoms with E-state index >= 15 is 0 Å². The van der Waals surface area contributed by atoms with Crippen molar-refractivity contribution in [2.75, 3.05) is 13.1 Å². The minimum absolute atomic E-state index is 0.566. The minimum atomic E-state index is -1.10.